The molecule has 0 aliphatic rings. The van der Waals surface area contributed by atoms with Crippen molar-refractivity contribution in [1.29, 1.82) is 0 Å². The minimum Gasteiger partial charge on any atom is -0.294 e. The van der Waals surface area contributed by atoms with Crippen LogP contribution in [0.25, 0.3) is 0 Å². The molecule has 0 aliphatic carbocycles. The maximum Gasteiger partial charge on any atom is 0.162 e. The molecule has 1 heteroatoms. The van der Waals surface area contributed by atoms with Crippen LogP contribution in [-0.2, 0) is 0 Å². The topological polar surface area (TPSA) is 17.1 Å². The monoisotopic (exact) mass is 218 g/mol. The van der Waals surface area contributed by atoms with Gasteiger partial charge in [-0.15, -0.1) is 0 Å². The van der Waals surface area contributed by atoms with Gasteiger partial charge in [0, 0.05) is 12.0 Å². The molecule has 1 nitrogen and oxygen atoms in total. The summed E-state index contributed by atoms with van der Waals surface area (Å²) in [5, 5.41) is 0. The molecule has 0 spiro atoms. The molecule has 0 heterocycles. The van der Waals surface area contributed by atoms with Gasteiger partial charge in [0.05, 0.1) is 0 Å². The van der Waals surface area contributed by atoms with Crippen LogP contribution in [-0.4, -0.2) is 5.78 Å². The van der Waals surface area contributed by atoms with E-state index in [2.05, 4.69) is 27.7 Å². The van der Waals surface area contributed by atoms with E-state index in [4.69, 9.17) is 0 Å². The van der Waals surface area contributed by atoms with Crippen LogP contribution < -0.4 is 0 Å². The first-order valence-corrected chi connectivity index (χ1v) is 6.11. The lowest BCUT2D eigenvalue weighted by atomic mass is 9.99. The fraction of sp³-hybridized carbons (Fsp3) is 0.533. The lowest BCUT2D eigenvalue weighted by Crippen LogP contribution is -2.01. The van der Waals surface area contributed by atoms with Crippen LogP contribution >= 0.6 is 0 Å². The van der Waals surface area contributed by atoms with E-state index in [-0.39, 0.29) is 5.78 Å². The molecule has 0 radical (unpaired) electrons. The summed E-state index contributed by atoms with van der Waals surface area (Å²) in [6.07, 6.45) is 2.82. The maximum absolute atomic E-state index is 11.9. The highest BCUT2D eigenvalue weighted by Gasteiger charge is 2.07. The van der Waals surface area contributed by atoms with Gasteiger partial charge >= 0.3 is 0 Å². The molecule has 1 aromatic rings. The summed E-state index contributed by atoms with van der Waals surface area (Å²) in [5.74, 6) is 0.969. The highest BCUT2D eigenvalue weighted by Crippen LogP contribution is 2.14. The largest absolute Gasteiger partial charge is 0.294 e. The average Bonchev–Trinajstić information content (AvgIpc) is 2.21. The van der Waals surface area contributed by atoms with Crippen molar-refractivity contribution in [3.63, 3.8) is 0 Å². The quantitative estimate of drug-likeness (QED) is 0.673. The molecule has 1 aromatic carbocycles. The van der Waals surface area contributed by atoms with Gasteiger partial charge in [-0.05, 0) is 43.4 Å². The minimum atomic E-state index is 0.281. The molecule has 88 valence electrons. The van der Waals surface area contributed by atoms with Gasteiger partial charge in [0.25, 0.3) is 0 Å². The molecule has 0 aromatic heterocycles. The van der Waals surface area contributed by atoms with Crippen molar-refractivity contribution < 1.29 is 4.79 Å². The van der Waals surface area contributed by atoms with Gasteiger partial charge in [-0.3, -0.25) is 4.79 Å². The number of benzene rings is 1. The van der Waals surface area contributed by atoms with E-state index >= 15 is 0 Å². The zero-order valence-electron chi connectivity index (χ0n) is 10.8. The minimum absolute atomic E-state index is 0.281. The molecular formula is C15H22O. The fourth-order valence-electron chi connectivity index (χ4n) is 1.73. The predicted octanol–water partition coefficient (Wildman–Crippen LogP) is 4.31. The van der Waals surface area contributed by atoms with Gasteiger partial charge in [0.1, 0.15) is 0 Å². The zero-order chi connectivity index (χ0) is 12.1. The molecule has 0 saturated carbocycles. The molecule has 0 N–H and O–H groups in total. The third kappa shape index (κ3) is 3.80. The molecule has 0 atom stereocenters. The van der Waals surface area contributed by atoms with Crippen molar-refractivity contribution in [3.05, 3.63) is 34.9 Å². The smallest absolute Gasteiger partial charge is 0.162 e. The molecule has 1 rings (SSSR count). The van der Waals surface area contributed by atoms with E-state index in [1.165, 1.54) is 11.1 Å². The first-order valence-electron chi connectivity index (χ1n) is 6.11. The molecule has 0 unspecified atom stereocenters. The Hall–Kier alpha value is -1.11. The third-order valence-electron chi connectivity index (χ3n) is 3.01. The van der Waals surface area contributed by atoms with Crippen molar-refractivity contribution in [2.24, 2.45) is 5.92 Å². The van der Waals surface area contributed by atoms with Gasteiger partial charge in [0.15, 0.2) is 5.78 Å². The van der Waals surface area contributed by atoms with Crippen LogP contribution in [0.4, 0.5) is 0 Å². The Labute approximate surface area is 98.9 Å². The number of carbonyl (C=O) groups is 1. The summed E-state index contributed by atoms with van der Waals surface area (Å²) >= 11 is 0. The Morgan fingerprint density at radius 3 is 2.44 bits per heavy atom. The molecule has 0 fully saturated rings. The van der Waals surface area contributed by atoms with E-state index in [0.29, 0.717) is 12.3 Å². The van der Waals surface area contributed by atoms with Crippen molar-refractivity contribution >= 4 is 5.78 Å². The fourth-order valence-corrected chi connectivity index (χ4v) is 1.73. The Kier molecular flexibility index (Phi) is 4.72. The second-order valence-electron chi connectivity index (χ2n) is 5.01. The summed E-state index contributed by atoms with van der Waals surface area (Å²) in [5.41, 5.74) is 3.32. The number of aryl methyl sites for hydroxylation is 2. The highest BCUT2D eigenvalue weighted by atomic mass is 16.1. The first-order chi connectivity index (χ1) is 7.50. The van der Waals surface area contributed by atoms with E-state index in [1.807, 2.05) is 18.2 Å². The summed E-state index contributed by atoms with van der Waals surface area (Å²) in [7, 11) is 0. The normalized spacial score (nSPS) is 10.8. The lowest BCUT2D eigenvalue weighted by molar-refractivity contribution is 0.0978. The van der Waals surface area contributed by atoms with Crippen LogP contribution in [0.3, 0.4) is 0 Å². The van der Waals surface area contributed by atoms with E-state index < -0.39 is 0 Å². The van der Waals surface area contributed by atoms with Crippen LogP contribution in [0, 0.1) is 19.8 Å². The number of rotatable bonds is 5. The van der Waals surface area contributed by atoms with Crippen molar-refractivity contribution in [2.45, 2.75) is 47.0 Å². The van der Waals surface area contributed by atoms with E-state index in [1.54, 1.807) is 0 Å². The summed E-state index contributed by atoms with van der Waals surface area (Å²) < 4.78 is 0. The molecule has 0 aliphatic heterocycles. The standard InChI is InChI=1S/C15H22O/c1-11(2)6-5-7-15(16)14-9-8-12(3)13(4)10-14/h8-11H,5-7H2,1-4H3. The van der Waals surface area contributed by atoms with Gasteiger partial charge in [-0.25, -0.2) is 0 Å². The SMILES string of the molecule is Cc1ccc(C(=O)CCCC(C)C)cc1C. The Morgan fingerprint density at radius 1 is 1.19 bits per heavy atom. The highest BCUT2D eigenvalue weighted by molar-refractivity contribution is 5.96. The summed E-state index contributed by atoms with van der Waals surface area (Å²) in [4.78, 5) is 11.9. The summed E-state index contributed by atoms with van der Waals surface area (Å²) in [6, 6.07) is 5.98. The van der Waals surface area contributed by atoms with Crippen molar-refractivity contribution in [1.82, 2.24) is 0 Å². The summed E-state index contributed by atoms with van der Waals surface area (Å²) in [6.45, 7) is 8.52. The third-order valence-corrected chi connectivity index (χ3v) is 3.01. The first kappa shape index (κ1) is 13.0. The maximum atomic E-state index is 11.9. The molecule has 0 amide bonds. The van der Waals surface area contributed by atoms with Crippen LogP contribution in [0.2, 0.25) is 0 Å². The van der Waals surface area contributed by atoms with Crippen LogP contribution in [0.5, 0.6) is 0 Å². The Bertz CT molecular complexity index is 364. The molecular weight excluding hydrogens is 196 g/mol. The van der Waals surface area contributed by atoms with Crippen molar-refractivity contribution in [3.8, 4) is 0 Å². The molecule has 0 bridgehead atoms. The van der Waals surface area contributed by atoms with Gasteiger partial charge in [-0.1, -0.05) is 32.4 Å². The van der Waals surface area contributed by atoms with Crippen LogP contribution in [0.15, 0.2) is 18.2 Å². The second kappa shape index (κ2) is 5.83. The molecule has 16 heavy (non-hydrogen) atoms. The van der Waals surface area contributed by atoms with Gasteiger partial charge in [0.2, 0.25) is 0 Å². The Balaban J connectivity index is 2.56. The number of ketones is 1. The second-order valence-corrected chi connectivity index (χ2v) is 5.01. The molecule has 0 saturated heterocycles. The predicted molar refractivity (Wildman–Crippen MR) is 68.9 cm³/mol. The number of carbonyl (C=O) groups excluding carboxylic acids is 1. The van der Waals surface area contributed by atoms with Gasteiger partial charge in [-0.2, -0.15) is 0 Å². The van der Waals surface area contributed by atoms with E-state index in [9.17, 15) is 4.79 Å². The van der Waals surface area contributed by atoms with E-state index in [0.717, 1.165) is 18.4 Å². The van der Waals surface area contributed by atoms with Crippen molar-refractivity contribution in [2.75, 3.05) is 0 Å². The number of hydrogen-bond acceptors (Lipinski definition) is 1. The lowest BCUT2D eigenvalue weighted by Gasteiger charge is -2.06. The Morgan fingerprint density at radius 2 is 1.88 bits per heavy atom. The zero-order valence-corrected chi connectivity index (χ0v) is 10.8. The van der Waals surface area contributed by atoms with Crippen LogP contribution in [0.1, 0.15) is 54.6 Å². The van der Waals surface area contributed by atoms with Gasteiger partial charge < -0.3 is 0 Å². The number of Topliss-reactive ketones (excluding diaryl/α,β-unsaturated/α-hetero) is 1. The number of hydrogen-bond donors (Lipinski definition) is 0. The average molecular weight is 218 g/mol.